The molecule has 29 heavy (non-hydrogen) atoms. The number of hydrogen-bond acceptors (Lipinski definition) is 3. The van der Waals surface area contributed by atoms with Gasteiger partial charge in [-0.3, -0.25) is 9.59 Å². The minimum atomic E-state index is 0.0795. The van der Waals surface area contributed by atoms with Crippen molar-refractivity contribution in [1.82, 2.24) is 9.80 Å². The van der Waals surface area contributed by atoms with E-state index in [1.807, 2.05) is 29.2 Å². The van der Waals surface area contributed by atoms with Crippen molar-refractivity contribution in [2.45, 2.75) is 57.8 Å². The summed E-state index contributed by atoms with van der Waals surface area (Å²) in [5.74, 6) is 1.70. The number of hydrogen-bond donors (Lipinski definition) is 0. The molecule has 2 aliphatic heterocycles. The summed E-state index contributed by atoms with van der Waals surface area (Å²) in [7, 11) is 0. The number of piperidine rings is 1. The summed E-state index contributed by atoms with van der Waals surface area (Å²) in [5.41, 5.74) is 0.667. The van der Waals surface area contributed by atoms with Crippen LogP contribution in [0, 0.1) is 11.8 Å². The standard InChI is InChI=1S/C24H34N2O3/c27-23(20-10-2-1-3-11-20)26-16-8-9-19(17-26)18-29-22-13-5-4-12-21(22)24(28)25-14-6-7-15-25/h4-5,12-13,19-20H,1-3,6-11,14-18H2. The fourth-order valence-electron chi connectivity index (χ4n) is 5.08. The molecule has 1 aliphatic carbocycles. The molecule has 0 radical (unpaired) electrons. The van der Waals surface area contributed by atoms with Crippen molar-refractivity contribution < 1.29 is 14.3 Å². The van der Waals surface area contributed by atoms with Gasteiger partial charge < -0.3 is 14.5 Å². The molecule has 1 aromatic rings. The Labute approximate surface area is 174 Å². The molecular weight excluding hydrogens is 364 g/mol. The van der Waals surface area contributed by atoms with Crippen molar-refractivity contribution in [3.05, 3.63) is 29.8 Å². The van der Waals surface area contributed by atoms with Crippen LogP contribution >= 0.6 is 0 Å². The number of para-hydroxylation sites is 1. The van der Waals surface area contributed by atoms with Crippen LogP contribution in [0.15, 0.2) is 24.3 Å². The Hall–Kier alpha value is -2.04. The van der Waals surface area contributed by atoms with Crippen molar-refractivity contribution in [3.63, 3.8) is 0 Å². The van der Waals surface area contributed by atoms with E-state index in [9.17, 15) is 9.59 Å². The van der Waals surface area contributed by atoms with Crippen LogP contribution in [0.2, 0.25) is 0 Å². The molecule has 1 aromatic carbocycles. The molecule has 4 rings (SSSR count). The molecule has 5 nitrogen and oxygen atoms in total. The van der Waals surface area contributed by atoms with Crippen molar-refractivity contribution in [3.8, 4) is 5.75 Å². The van der Waals surface area contributed by atoms with Crippen molar-refractivity contribution in [2.75, 3.05) is 32.8 Å². The maximum atomic E-state index is 12.9. The van der Waals surface area contributed by atoms with E-state index < -0.39 is 0 Å². The predicted molar refractivity (Wildman–Crippen MR) is 113 cm³/mol. The molecule has 3 fully saturated rings. The molecule has 0 aromatic heterocycles. The van der Waals surface area contributed by atoms with Gasteiger partial charge in [0.1, 0.15) is 5.75 Å². The van der Waals surface area contributed by atoms with E-state index in [0.717, 1.165) is 64.7 Å². The van der Waals surface area contributed by atoms with E-state index >= 15 is 0 Å². The first-order valence-corrected chi connectivity index (χ1v) is 11.5. The second-order valence-electron chi connectivity index (χ2n) is 8.93. The van der Waals surface area contributed by atoms with Gasteiger partial charge in [0, 0.05) is 38.0 Å². The van der Waals surface area contributed by atoms with Crippen LogP contribution in [-0.2, 0) is 4.79 Å². The third-order valence-electron chi connectivity index (χ3n) is 6.77. The molecule has 5 heteroatoms. The minimum absolute atomic E-state index is 0.0795. The van der Waals surface area contributed by atoms with Gasteiger partial charge in [0.15, 0.2) is 0 Å². The maximum Gasteiger partial charge on any atom is 0.257 e. The molecule has 1 unspecified atom stereocenters. The normalized spacial score (nSPS) is 23.2. The number of nitrogens with zero attached hydrogens (tertiary/aromatic N) is 2. The lowest BCUT2D eigenvalue weighted by molar-refractivity contribution is -0.138. The Balaban J connectivity index is 1.34. The fourth-order valence-corrected chi connectivity index (χ4v) is 5.08. The van der Waals surface area contributed by atoms with Crippen LogP contribution in [0.1, 0.15) is 68.1 Å². The summed E-state index contributed by atoms with van der Waals surface area (Å²) in [6, 6.07) is 7.60. The summed E-state index contributed by atoms with van der Waals surface area (Å²) in [6.45, 7) is 3.92. The van der Waals surface area contributed by atoms with E-state index in [0.29, 0.717) is 29.7 Å². The average Bonchev–Trinajstić information content (AvgIpc) is 3.33. The zero-order valence-electron chi connectivity index (χ0n) is 17.5. The molecule has 0 spiro atoms. The fraction of sp³-hybridized carbons (Fsp3) is 0.667. The number of benzene rings is 1. The molecule has 2 saturated heterocycles. The quantitative estimate of drug-likeness (QED) is 0.750. The monoisotopic (exact) mass is 398 g/mol. The first-order valence-electron chi connectivity index (χ1n) is 11.5. The number of amides is 2. The lowest BCUT2D eigenvalue weighted by atomic mass is 9.87. The smallest absolute Gasteiger partial charge is 0.257 e. The van der Waals surface area contributed by atoms with Crippen LogP contribution < -0.4 is 4.74 Å². The highest BCUT2D eigenvalue weighted by molar-refractivity contribution is 5.97. The molecule has 0 N–H and O–H groups in total. The molecule has 158 valence electrons. The Morgan fingerprint density at radius 3 is 2.38 bits per heavy atom. The number of rotatable bonds is 5. The van der Waals surface area contributed by atoms with E-state index in [2.05, 4.69) is 4.90 Å². The average molecular weight is 399 g/mol. The molecule has 1 atom stereocenters. The third-order valence-corrected chi connectivity index (χ3v) is 6.77. The summed E-state index contributed by atoms with van der Waals surface area (Å²) >= 11 is 0. The molecule has 3 aliphatic rings. The van der Waals surface area contributed by atoms with Crippen LogP contribution in [-0.4, -0.2) is 54.4 Å². The molecule has 2 heterocycles. The second-order valence-corrected chi connectivity index (χ2v) is 8.93. The molecule has 2 amide bonds. The van der Waals surface area contributed by atoms with Crippen molar-refractivity contribution in [2.24, 2.45) is 11.8 Å². The van der Waals surface area contributed by atoms with Gasteiger partial charge in [-0.2, -0.15) is 0 Å². The largest absolute Gasteiger partial charge is 0.492 e. The molecule has 1 saturated carbocycles. The SMILES string of the molecule is O=C(c1ccccc1OCC1CCCN(C(=O)C2CCCCC2)C1)N1CCCC1. The maximum absolute atomic E-state index is 12.9. The lowest BCUT2D eigenvalue weighted by Gasteiger charge is -2.36. The number of carbonyl (C=O) groups excluding carboxylic acids is 2. The van der Waals surface area contributed by atoms with Gasteiger partial charge in [-0.1, -0.05) is 31.4 Å². The second kappa shape index (κ2) is 9.64. The van der Waals surface area contributed by atoms with Crippen LogP contribution in [0.25, 0.3) is 0 Å². The molecule has 0 bridgehead atoms. The Morgan fingerprint density at radius 1 is 0.862 bits per heavy atom. The number of likely N-dealkylation sites (tertiary alicyclic amines) is 2. The number of ether oxygens (including phenoxy) is 1. The van der Waals surface area contributed by atoms with Gasteiger partial charge in [0.05, 0.1) is 12.2 Å². The first-order chi connectivity index (χ1) is 14.2. The van der Waals surface area contributed by atoms with E-state index in [4.69, 9.17) is 4.74 Å². The lowest BCUT2D eigenvalue weighted by Crippen LogP contribution is -2.44. The zero-order valence-corrected chi connectivity index (χ0v) is 17.5. The predicted octanol–water partition coefficient (Wildman–Crippen LogP) is 4.12. The van der Waals surface area contributed by atoms with Gasteiger partial charge in [-0.25, -0.2) is 0 Å². The summed E-state index contributed by atoms with van der Waals surface area (Å²) in [6.07, 6.45) is 10.1. The highest BCUT2D eigenvalue weighted by atomic mass is 16.5. The third kappa shape index (κ3) is 4.93. The number of carbonyl (C=O) groups is 2. The van der Waals surface area contributed by atoms with E-state index in [1.165, 1.54) is 19.3 Å². The van der Waals surface area contributed by atoms with Gasteiger partial charge in [-0.05, 0) is 50.7 Å². The highest BCUT2D eigenvalue weighted by Crippen LogP contribution is 2.28. The Morgan fingerprint density at radius 2 is 1.59 bits per heavy atom. The van der Waals surface area contributed by atoms with Gasteiger partial charge in [0.2, 0.25) is 5.91 Å². The van der Waals surface area contributed by atoms with Gasteiger partial charge >= 0.3 is 0 Å². The van der Waals surface area contributed by atoms with E-state index in [1.54, 1.807) is 0 Å². The first kappa shape index (κ1) is 20.2. The summed E-state index contributed by atoms with van der Waals surface area (Å²) < 4.78 is 6.15. The summed E-state index contributed by atoms with van der Waals surface area (Å²) in [5, 5.41) is 0. The molecular formula is C24H34N2O3. The van der Waals surface area contributed by atoms with Crippen LogP contribution in [0.4, 0.5) is 0 Å². The van der Waals surface area contributed by atoms with E-state index in [-0.39, 0.29) is 11.8 Å². The minimum Gasteiger partial charge on any atom is -0.492 e. The highest BCUT2D eigenvalue weighted by Gasteiger charge is 2.30. The Kier molecular flexibility index (Phi) is 6.73. The summed E-state index contributed by atoms with van der Waals surface area (Å²) in [4.78, 5) is 29.7. The topological polar surface area (TPSA) is 49.9 Å². The van der Waals surface area contributed by atoms with Gasteiger partial charge in [-0.15, -0.1) is 0 Å². The van der Waals surface area contributed by atoms with Crippen LogP contribution in [0.3, 0.4) is 0 Å². The Bertz CT molecular complexity index is 708. The van der Waals surface area contributed by atoms with Crippen LogP contribution in [0.5, 0.6) is 5.75 Å². The zero-order chi connectivity index (χ0) is 20.1. The van der Waals surface area contributed by atoms with Crippen molar-refractivity contribution in [1.29, 1.82) is 0 Å². The van der Waals surface area contributed by atoms with Crippen molar-refractivity contribution >= 4 is 11.8 Å². The van der Waals surface area contributed by atoms with Gasteiger partial charge in [0.25, 0.3) is 5.91 Å².